The molecule has 0 aliphatic carbocycles. The molecule has 0 saturated carbocycles. The number of aliphatic carboxylic acids is 1. The van der Waals surface area contributed by atoms with Crippen molar-refractivity contribution in [3.8, 4) is 0 Å². The lowest BCUT2D eigenvalue weighted by Crippen LogP contribution is -2.44. The number of nitrogens with one attached hydrogen (secondary N) is 1. The fourth-order valence-corrected chi connectivity index (χ4v) is 1.76. The minimum absolute atomic E-state index is 0.134. The molecule has 2 N–H and O–H groups in total. The Bertz CT molecular complexity index is 496. The Morgan fingerprint density at radius 2 is 2.05 bits per heavy atom. The number of alkyl carbamates (subject to hydrolysis) is 1. The van der Waals surface area contributed by atoms with Crippen molar-refractivity contribution in [2.24, 2.45) is 0 Å². The van der Waals surface area contributed by atoms with Crippen LogP contribution in [-0.4, -0.2) is 28.8 Å². The molecule has 1 amide bonds. The van der Waals surface area contributed by atoms with Crippen LogP contribution in [0.5, 0.6) is 0 Å². The van der Waals surface area contributed by atoms with Crippen molar-refractivity contribution in [2.75, 3.05) is 0 Å². The van der Waals surface area contributed by atoms with Crippen molar-refractivity contribution in [1.82, 2.24) is 5.32 Å². The number of hydrogen-bond donors (Lipinski definition) is 2. The maximum atomic E-state index is 11.6. The number of carboxylic acid groups (broad SMARTS) is 1. The molecule has 6 heteroatoms. The molecule has 1 rings (SSSR count). The molecule has 0 bridgehead atoms. The van der Waals surface area contributed by atoms with Gasteiger partial charge >= 0.3 is 12.1 Å². The van der Waals surface area contributed by atoms with Crippen molar-refractivity contribution < 1.29 is 19.4 Å². The van der Waals surface area contributed by atoms with Crippen LogP contribution in [-0.2, 0) is 16.0 Å². The van der Waals surface area contributed by atoms with E-state index in [-0.39, 0.29) is 6.42 Å². The maximum absolute atomic E-state index is 11.6. The molecule has 0 spiro atoms. The Balaban J connectivity index is 2.71. The molecule has 20 heavy (non-hydrogen) atoms. The minimum Gasteiger partial charge on any atom is -0.480 e. The SMILES string of the molecule is CC(C)(C)OC(=O)NC(Cc1cccc(Cl)c1)C(=O)O. The molecule has 1 aromatic rings. The van der Waals surface area contributed by atoms with Gasteiger partial charge in [-0.2, -0.15) is 0 Å². The summed E-state index contributed by atoms with van der Waals surface area (Å²) in [7, 11) is 0. The number of amides is 1. The first-order valence-corrected chi connectivity index (χ1v) is 6.52. The summed E-state index contributed by atoms with van der Waals surface area (Å²) in [4.78, 5) is 22.8. The molecule has 110 valence electrons. The zero-order valence-corrected chi connectivity index (χ0v) is 12.4. The molecule has 0 fully saturated rings. The van der Waals surface area contributed by atoms with E-state index in [0.29, 0.717) is 5.02 Å². The molecule has 0 aliphatic rings. The van der Waals surface area contributed by atoms with E-state index in [1.54, 1.807) is 45.0 Å². The van der Waals surface area contributed by atoms with E-state index in [1.165, 1.54) is 0 Å². The van der Waals surface area contributed by atoms with Gasteiger partial charge in [-0.25, -0.2) is 9.59 Å². The Kier molecular flexibility index (Phi) is 5.39. The van der Waals surface area contributed by atoms with Gasteiger partial charge in [0.25, 0.3) is 0 Å². The average molecular weight is 300 g/mol. The monoisotopic (exact) mass is 299 g/mol. The number of carbonyl (C=O) groups excluding carboxylic acids is 1. The van der Waals surface area contributed by atoms with Crippen LogP contribution in [0.3, 0.4) is 0 Å². The third-order valence-electron chi connectivity index (χ3n) is 2.32. The van der Waals surface area contributed by atoms with Gasteiger partial charge in [-0.1, -0.05) is 23.7 Å². The summed E-state index contributed by atoms with van der Waals surface area (Å²) in [5.41, 5.74) is 0.0457. The van der Waals surface area contributed by atoms with E-state index in [1.807, 2.05) is 0 Å². The minimum atomic E-state index is -1.13. The van der Waals surface area contributed by atoms with E-state index in [0.717, 1.165) is 5.56 Å². The third kappa shape index (κ3) is 5.93. The van der Waals surface area contributed by atoms with Gasteiger partial charge in [0, 0.05) is 11.4 Å². The van der Waals surface area contributed by atoms with E-state index < -0.39 is 23.7 Å². The first kappa shape index (κ1) is 16.3. The smallest absolute Gasteiger partial charge is 0.408 e. The topological polar surface area (TPSA) is 75.6 Å². The van der Waals surface area contributed by atoms with Crippen LogP contribution in [0.1, 0.15) is 26.3 Å². The number of rotatable bonds is 4. The van der Waals surface area contributed by atoms with Gasteiger partial charge in [-0.3, -0.25) is 0 Å². The van der Waals surface area contributed by atoms with Crippen molar-refractivity contribution in [1.29, 1.82) is 0 Å². The molecule has 1 atom stereocenters. The van der Waals surface area contributed by atoms with Crippen LogP contribution in [0.4, 0.5) is 4.79 Å². The molecule has 5 nitrogen and oxygen atoms in total. The highest BCUT2D eigenvalue weighted by molar-refractivity contribution is 6.30. The normalized spacial score (nSPS) is 12.6. The zero-order chi connectivity index (χ0) is 15.3. The van der Waals surface area contributed by atoms with Gasteiger partial charge in [0.05, 0.1) is 0 Å². The van der Waals surface area contributed by atoms with Crippen LogP contribution < -0.4 is 5.32 Å². The third-order valence-corrected chi connectivity index (χ3v) is 2.55. The Hall–Kier alpha value is -1.75. The van der Waals surface area contributed by atoms with Crippen LogP contribution in [0.2, 0.25) is 5.02 Å². The fourth-order valence-electron chi connectivity index (χ4n) is 1.55. The average Bonchev–Trinajstić information content (AvgIpc) is 2.25. The molecule has 0 radical (unpaired) electrons. The van der Waals surface area contributed by atoms with Gasteiger partial charge < -0.3 is 15.2 Å². The highest BCUT2D eigenvalue weighted by atomic mass is 35.5. The van der Waals surface area contributed by atoms with Gasteiger partial charge in [0.1, 0.15) is 11.6 Å². The first-order chi connectivity index (χ1) is 9.17. The molecule has 0 aromatic heterocycles. The number of carboxylic acids is 1. The predicted octanol–water partition coefficient (Wildman–Crippen LogP) is 2.86. The summed E-state index contributed by atoms with van der Waals surface area (Å²) in [6.45, 7) is 5.12. The molecular weight excluding hydrogens is 282 g/mol. The van der Waals surface area contributed by atoms with E-state index in [2.05, 4.69) is 5.32 Å². The summed E-state index contributed by atoms with van der Waals surface area (Å²) in [5.74, 6) is -1.13. The van der Waals surface area contributed by atoms with Crippen molar-refractivity contribution >= 4 is 23.7 Å². The second-order valence-corrected chi connectivity index (χ2v) is 5.81. The largest absolute Gasteiger partial charge is 0.480 e. The van der Waals surface area contributed by atoms with E-state index in [9.17, 15) is 9.59 Å². The number of hydrogen-bond acceptors (Lipinski definition) is 3. The Labute approximate surface area is 122 Å². The summed E-state index contributed by atoms with van der Waals surface area (Å²) >= 11 is 5.84. The van der Waals surface area contributed by atoms with Crippen molar-refractivity contribution in [3.05, 3.63) is 34.9 Å². The quantitative estimate of drug-likeness (QED) is 0.896. The maximum Gasteiger partial charge on any atom is 0.408 e. The van der Waals surface area contributed by atoms with Gasteiger partial charge in [-0.05, 0) is 38.5 Å². The fraction of sp³-hybridized carbons (Fsp3) is 0.429. The van der Waals surface area contributed by atoms with Crippen LogP contribution in [0.15, 0.2) is 24.3 Å². The highest BCUT2D eigenvalue weighted by Gasteiger charge is 2.24. The highest BCUT2D eigenvalue weighted by Crippen LogP contribution is 2.13. The van der Waals surface area contributed by atoms with Crippen molar-refractivity contribution in [2.45, 2.75) is 38.8 Å². The lowest BCUT2D eigenvalue weighted by molar-refractivity contribution is -0.139. The van der Waals surface area contributed by atoms with Gasteiger partial charge in [0.2, 0.25) is 0 Å². The first-order valence-electron chi connectivity index (χ1n) is 6.14. The molecule has 1 unspecified atom stereocenters. The van der Waals surface area contributed by atoms with Gasteiger partial charge in [0.15, 0.2) is 0 Å². The second kappa shape index (κ2) is 6.61. The van der Waals surface area contributed by atoms with Crippen LogP contribution >= 0.6 is 11.6 Å². The molecule has 0 heterocycles. The lowest BCUT2D eigenvalue weighted by Gasteiger charge is -2.22. The number of carbonyl (C=O) groups is 2. The van der Waals surface area contributed by atoms with E-state index >= 15 is 0 Å². The standard InChI is InChI=1S/C14H18ClNO4/c1-14(2,3)20-13(19)16-11(12(17)18)8-9-5-4-6-10(15)7-9/h4-7,11H,8H2,1-3H3,(H,16,19)(H,17,18). The van der Waals surface area contributed by atoms with E-state index in [4.69, 9.17) is 21.4 Å². The summed E-state index contributed by atoms with van der Waals surface area (Å²) in [5, 5.41) is 12.0. The zero-order valence-electron chi connectivity index (χ0n) is 11.6. The summed E-state index contributed by atoms with van der Waals surface area (Å²) in [6.07, 6.45) is -0.623. The number of halogens is 1. The molecule has 1 aromatic carbocycles. The van der Waals surface area contributed by atoms with Gasteiger partial charge in [-0.15, -0.1) is 0 Å². The summed E-state index contributed by atoms with van der Waals surface area (Å²) < 4.78 is 5.04. The van der Waals surface area contributed by atoms with Crippen molar-refractivity contribution in [3.63, 3.8) is 0 Å². The molecular formula is C14H18ClNO4. The Morgan fingerprint density at radius 1 is 1.40 bits per heavy atom. The Morgan fingerprint density at radius 3 is 2.55 bits per heavy atom. The number of benzene rings is 1. The lowest BCUT2D eigenvalue weighted by atomic mass is 10.1. The second-order valence-electron chi connectivity index (χ2n) is 5.37. The molecule has 0 aliphatic heterocycles. The molecule has 0 saturated heterocycles. The number of ether oxygens (including phenoxy) is 1. The van der Waals surface area contributed by atoms with Crippen LogP contribution in [0.25, 0.3) is 0 Å². The van der Waals surface area contributed by atoms with Crippen LogP contribution in [0, 0.1) is 0 Å². The summed E-state index contributed by atoms with van der Waals surface area (Å²) in [6, 6.07) is 5.77. The predicted molar refractivity (Wildman–Crippen MR) is 75.9 cm³/mol.